The molecule has 2 aliphatic heterocycles. The van der Waals surface area contributed by atoms with Crippen molar-refractivity contribution in [2.75, 3.05) is 19.7 Å². The minimum atomic E-state index is -0.279. The lowest BCUT2D eigenvalue weighted by molar-refractivity contribution is -0.162. The second-order valence-electron chi connectivity index (χ2n) is 8.54. The summed E-state index contributed by atoms with van der Waals surface area (Å²) in [5.41, 5.74) is 3.32. The first kappa shape index (κ1) is 20.8. The van der Waals surface area contributed by atoms with E-state index in [1.54, 1.807) is 35.2 Å². The third-order valence-electron chi connectivity index (χ3n) is 6.62. The summed E-state index contributed by atoms with van der Waals surface area (Å²) < 4.78 is 27.3. The van der Waals surface area contributed by atoms with Crippen LogP contribution < -0.4 is 0 Å². The van der Waals surface area contributed by atoms with Crippen molar-refractivity contribution in [3.05, 3.63) is 95.6 Å². The van der Waals surface area contributed by atoms with E-state index in [4.69, 9.17) is 0 Å². The molecule has 4 nitrogen and oxygen atoms in total. The number of rotatable bonds is 5. The molecule has 0 aliphatic carbocycles. The molecule has 3 aromatic carbocycles. The van der Waals surface area contributed by atoms with Crippen LogP contribution in [0.25, 0.3) is 11.1 Å². The van der Waals surface area contributed by atoms with Crippen LogP contribution in [-0.4, -0.2) is 52.6 Å². The minimum absolute atomic E-state index is 0.00152. The first-order valence-electron chi connectivity index (χ1n) is 10.8. The van der Waals surface area contributed by atoms with E-state index in [-0.39, 0.29) is 48.7 Å². The SMILES string of the molecule is O=C1CN(Cc2ccc(F)cc2)C[C@H]2[C@@H](c3ccc(-c4ccccc4F)cc3)[C@H](CO)N12. The molecule has 32 heavy (non-hydrogen) atoms. The van der Waals surface area contributed by atoms with Crippen LogP contribution in [0.4, 0.5) is 8.78 Å². The van der Waals surface area contributed by atoms with E-state index in [1.165, 1.54) is 18.2 Å². The average molecular weight is 434 g/mol. The Kier molecular flexibility index (Phi) is 5.49. The zero-order valence-electron chi connectivity index (χ0n) is 17.5. The number of piperazine rings is 1. The molecule has 0 aromatic heterocycles. The number of fused-ring (bicyclic) bond motifs is 1. The summed E-state index contributed by atoms with van der Waals surface area (Å²) in [5.74, 6) is -0.535. The third-order valence-corrected chi connectivity index (χ3v) is 6.62. The van der Waals surface area contributed by atoms with Crippen LogP contribution in [0, 0.1) is 11.6 Å². The van der Waals surface area contributed by atoms with Crippen molar-refractivity contribution < 1.29 is 18.7 Å². The molecule has 0 bridgehead atoms. The van der Waals surface area contributed by atoms with Gasteiger partial charge in [0.1, 0.15) is 11.6 Å². The molecule has 2 aliphatic rings. The van der Waals surface area contributed by atoms with Gasteiger partial charge in [-0.05, 0) is 34.9 Å². The fourth-order valence-corrected chi connectivity index (χ4v) is 5.11. The topological polar surface area (TPSA) is 43.8 Å². The highest BCUT2D eigenvalue weighted by atomic mass is 19.1. The Morgan fingerprint density at radius 3 is 2.34 bits per heavy atom. The molecular weight excluding hydrogens is 410 g/mol. The van der Waals surface area contributed by atoms with Crippen molar-refractivity contribution in [3.8, 4) is 11.1 Å². The Hall–Kier alpha value is -3.09. The Bertz CT molecular complexity index is 1120. The van der Waals surface area contributed by atoms with Crippen molar-refractivity contribution >= 4 is 5.91 Å². The van der Waals surface area contributed by atoms with Gasteiger partial charge in [-0.3, -0.25) is 9.69 Å². The van der Waals surface area contributed by atoms with Crippen LogP contribution in [0.1, 0.15) is 17.0 Å². The van der Waals surface area contributed by atoms with E-state index in [9.17, 15) is 18.7 Å². The number of aliphatic hydroxyl groups excluding tert-OH is 1. The smallest absolute Gasteiger partial charge is 0.237 e. The van der Waals surface area contributed by atoms with Gasteiger partial charge in [-0.15, -0.1) is 0 Å². The lowest BCUT2D eigenvalue weighted by atomic mass is 9.73. The number of hydrogen-bond acceptors (Lipinski definition) is 3. The van der Waals surface area contributed by atoms with Crippen LogP contribution in [0.2, 0.25) is 0 Å². The Balaban J connectivity index is 1.36. The first-order chi connectivity index (χ1) is 15.5. The van der Waals surface area contributed by atoms with Crippen LogP contribution in [0.5, 0.6) is 0 Å². The van der Waals surface area contributed by atoms with Gasteiger partial charge < -0.3 is 10.0 Å². The van der Waals surface area contributed by atoms with Gasteiger partial charge in [0.15, 0.2) is 0 Å². The van der Waals surface area contributed by atoms with Gasteiger partial charge in [0, 0.05) is 24.6 Å². The summed E-state index contributed by atoms with van der Waals surface area (Å²) in [7, 11) is 0. The standard InChI is InChI=1S/C26H24F2N2O2/c27-20-11-5-17(6-12-20)13-29-14-23-26(24(16-31)30(23)25(32)15-29)19-9-7-18(8-10-19)21-3-1-2-4-22(21)28/h1-12,23-24,26,31H,13-16H2/t23-,24-,26+/m0/s1. The van der Waals surface area contributed by atoms with Gasteiger partial charge in [0.2, 0.25) is 5.91 Å². The van der Waals surface area contributed by atoms with Gasteiger partial charge in [0.05, 0.1) is 25.2 Å². The van der Waals surface area contributed by atoms with Crippen molar-refractivity contribution in [3.63, 3.8) is 0 Å². The molecule has 6 heteroatoms. The van der Waals surface area contributed by atoms with E-state index in [2.05, 4.69) is 4.90 Å². The summed E-state index contributed by atoms with van der Waals surface area (Å²) in [4.78, 5) is 16.7. The molecule has 3 atom stereocenters. The zero-order valence-corrected chi connectivity index (χ0v) is 17.5. The van der Waals surface area contributed by atoms with E-state index >= 15 is 0 Å². The second kappa shape index (κ2) is 8.45. The van der Waals surface area contributed by atoms with E-state index in [0.717, 1.165) is 16.7 Å². The van der Waals surface area contributed by atoms with Gasteiger partial charge in [-0.2, -0.15) is 0 Å². The Morgan fingerprint density at radius 1 is 0.938 bits per heavy atom. The lowest BCUT2D eigenvalue weighted by Crippen LogP contribution is -2.72. The van der Waals surface area contributed by atoms with Crippen molar-refractivity contribution in [2.45, 2.75) is 24.5 Å². The highest BCUT2D eigenvalue weighted by molar-refractivity contribution is 5.81. The number of nitrogens with zero attached hydrogens (tertiary/aromatic N) is 2. The summed E-state index contributed by atoms with van der Waals surface area (Å²) in [6, 6.07) is 20.4. The number of aliphatic hydroxyl groups is 1. The largest absolute Gasteiger partial charge is 0.394 e. The molecule has 0 radical (unpaired) electrons. The Labute approximate surface area is 185 Å². The van der Waals surface area contributed by atoms with Crippen molar-refractivity contribution in [2.24, 2.45) is 0 Å². The quantitative estimate of drug-likeness (QED) is 0.664. The molecule has 1 N–H and O–H groups in total. The van der Waals surface area contributed by atoms with Crippen molar-refractivity contribution in [1.82, 2.24) is 9.80 Å². The predicted octanol–water partition coefficient (Wildman–Crippen LogP) is 3.80. The fraction of sp³-hybridized carbons (Fsp3) is 0.269. The molecule has 3 aromatic rings. The summed E-state index contributed by atoms with van der Waals surface area (Å²) in [5, 5.41) is 9.98. The van der Waals surface area contributed by atoms with Crippen LogP contribution in [-0.2, 0) is 11.3 Å². The predicted molar refractivity (Wildman–Crippen MR) is 118 cm³/mol. The third kappa shape index (κ3) is 3.70. The molecule has 2 heterocycles. The highest BCUT2D eigenvalue weighted by Crippen LogP contribution is 2.43. The second-order valence-corrected chi connectivity index (χ2v) is 8.54. The molecule has 5 rings (SSSR count). The Morgan fingerprint density at radius 2 is 1.66 bits per heavy atom. The normalized spacial score (nSPS) is 23.0. The van der Waals surface area contributed by atoms with Gasteiger partial charge in [-0.25, -0.2) is 8.78 Å². The minimum Gasteiger partial charge on any atom is -0.394 e. The van der Waals surface area contributed by atoms with E-state index in [0.29, 0.717) is 18.7 Å². The number of carbonyl (C=O) groups excluding carboxylic acids is 1. The van der Waals surface area contributed by atoms with Crippen molar-refractivity contribution in [1.29, 1.82) is 0 Å². The van der Waals surface area contributed by atoms with Gasteiger partial charge >= 0.3 is 0 Å². The lowest BCUT2D eigenvalue weighted by Gasteiger charge is -2.59. The molecular formula is C26H24F2N2O2. The first-order valence-corrected chi connectivity index (χ1v) is 10.8. The summed E-state index contributed by atoms with van der Waals surface area (Å²) in [6.07, 6.45) is 0. The molecule has 0 unspecified atom stereocenters. The number of amides is 1. The van der Waals surface area contributed by atoms with Gasteiger partial charge in [0.25, 0.3) is 0 Å². The molecule has 2 fully saturated rings. The number of hydrogen-bond donors (Lipinski definition) is 1. The highest BCUT2D eigenvalue weighted by Gasteiger charge is 2.53. The molecule has 164 valence electrons. The fourth-order valence-electron chi connectivity index (χ4n) is 5.11. The maximum absolute atomic E-state index is 14.1. The number of halogens is 2. The maximum Gasteiger partial charge on any atom is 0.237 e. The summed E-state index contributed by atoms with van der Waals surface area (Å²) in [6.45, 7) is 1.43. The molecule has 0 spiro atoms. The molecule has 1 amide bonds. The zero-order chi connectivity index (χ0) is 22.2. The monoisotopic (exact) mass is 434 g/mol. The number of carbonyl (C=O) groups is 1. The maximum atomic E-state index is 14.1. The van der Waals surface area contributed by atoms with Crippen LogP contribution in [0.15, 0.2) is 72.8 Å². The van der Waals surface area contributed by atoms with E-state index < -0.39 is 0 Å². The number of benzene rings is 3. The van der Waals surface area contributed by atoms with Crippen LogP contribution >= 0.6 is 0 Å². The average Bonchev–Trinajstić information content (AvgIpc) is 2.78. The van der Waals surface area contributed by atoms with Gasteiger partial charge in [-0.1, -0.05) is 54.6 Å². The summed E-state index contributed by atoms with van der Waals surface area (Å²) >= 11 is 0. The van der Waals surface area contributed by atoms with E-state index in [1.807, 2.05) is 24.3 Å². The molecule has 0 saturated carbocycles. The molecule has 2 saturated heterocycles. The van der Waals surface area contributed by atoms with Crippen LogP contribution in [0.3, 0.4) is 0 Å².